The first-order chi connectivity index (χ1) is 10.5. The van der Waals surface area contributed by atoms with Crippen LogP contribution in [0.4, 0.5) is 14.5 Å². The highest BCUT2D eigenvalue weighted by Gasteiger charge is 2.49. The van der Waals surface area contributed by atoms with Gasteiger partial charge in [-0.2, -0.15) is 0 Å². The lowest BCUT2D eigenvalue weighted by atomic mass is 9.82. The van der Waals surface area contributed by atoms with E-state index < -0.39 is 17.2 Å². The van der Waals surface area contributed by atoms with Crippen LogP contribution in [0.3, 0.4) is 0 Å². The van der Waals surface area contributed by atoms with E-state index in [0.717, 1.165) is 37.5 Å². The molecule has 23 heavy (non-hydrogen) atoms. The van der Waals surface area contributed by atoms with Crippen LogP contribution in [0.5, 0.6) is 0 Å². The van der Waals surface area contributed by atoms with Gasteiger partial charge in [0.25, 0.3) is 0 Å². The Morgan fingerprint density at radius 2 is 2.17 bits per heavy atom. The summed E-state index contributed by atoms with van der Waals surface area (Å²) in [5.41, 5.74) is 5.03. The molecule has 1 aromatic rings. The third-order valence-corrected chi connectivity index (χ3v) is 4.96. The molecule has 0 amide bonds. The normalized spacial score (nSPS) is 29.4. The molecule has 3 rings (SSSR count). The van der Waals surface area contributed by atoms with E-state index in [9.17, 15) is 13.9 Å². The minimum Gasteiger partial charge on any atom is -0.390 e. The number of nitrogens with one attached hydrogen (secondary N) is 1. The summed E-state index contributed by atoms with van der Waals surface area (Å²) >= 11 is 0. The van der Waals surface area contributed by atoms with E-state index in [4.69, 9.17) is 5.73 Å². The highest BCUT2D eigenvalue weighted by atomic mass is 127. The van der Waals surface area contributed by atoms with E-state index in [1.807, 2.05) is 0 Å². The summed E-state index contributed by atoms with van der Waals surface area (Å²) < 4.78 is 26.6. The summed E-state index contributed by atoms with van der Waals surface area (Å²) in [7, 11) is 0. The number of anilines is 1. The maximum Gasteiger partial charge on any atom is 0.193 e. The van der Waals surface area contributed by atoms with Crippen LogP contribution in [-0.2, 0) is 0 Å². The Morgan fingerprint density at radius 1 is 1.39 bits per heavy atom. The molecule has 3 atom stereocenters. The number of nitrogens with two attached hydrogens (primary N) is 1. The molecule has 1 aromatic carbocycles. The van der Waals surface area contributed by atoms with Gasteiger partial charge in [-0.3, -0.25) is 4.99 Å². The zero-order chi connectivity index (χ0) is 15.7. The second-order valence-electron chi connectivity index (χ2n) is 6.45. The SMILES string of the molecule is I.NC(=NCCC1(O)CC2CCC1C2)Nc1cc(F)ccc1F. The third-order valence-electron chi connectivity index (χ3n) is 4.96. The summed E-state index contributed by atoms with van der Waals surface area (Å²) in [5.74, 6) is -0.0890. The van der Waals surface area contributed by atoms with Crippen molar-refractivity contribution < 1.29 is 13.9 Å². The molecule has 2 aliphatic rings. The number of rotatable bonds is 4. The summed E-state index contributed by atoms with van der Waals surface area (Å²) in [4.78, 5) is 4.12. The van der Waals surface area contributed by atoms with Crippen LogP contribution in [0.15, 0.2) is 23.2 Å². The van der Waals surface area contributed by atoms with Crippen molar-refractivity contribution in [1.29, 1.82) is 0 Å². The first-order valence-electron chi connectivity index (χ1n) is 7.71. The quantitative estimate of drug-likeness (QED) is 0.385. The Balaban J connectivity index is 0.00000192. The number of fused-ring (bicyclic) bond motifs is 2. The number of nitrogens with zero attached hydrogens (tertiary/aromatic N) is 1. The van der Waals surface area contributed by atoms with E-state index in [0.29, 0.717) is 24.8 Å². The van der Waals surface area contributed by atoms with Crippen molar-refractivity contribution in [1.82, 2.24) is 0 Å². The number of benzene rings is 1. The molecule has 0 aliphatic heterocycles. The van der Waals surface area contributed by atoms with Gasteiger partial charge in [0.05, 0.1) is 11.3 Å². The zero-order valence-corrected chi connectivity index (χ0v) is 15.1. The molecule has 0 heterocycles. The van der Waals surface area contributed by atoms with Gasteiger partial charge in [0, 0.05) is 12.6 Å². The van der Waals surface area contributed by atoms with E-state index in [-0.39, 0.29) is 35.6 Å². The minimum atomic E-state index is -0.628. The average molecular weight is 437 g/mol. The van der Waals surface area contributed by atoms with Crippen molar-refractivity contribution in [2.24, 2.45) is 22.6 Å². The fraction of sp³-hybridized carbons (Fsp3) is 0.562. The second kappa shape index (κ2) is 7.29. The lowest BCUT2D eigenvalue weighted by Gasteiger charge is -2.31. The number of hydrogen-bond donors (Lipinski definition) is 3. The Bertz CT molecular complexity index is 599. The maximum atomic E-state index is 13.5. The molecule has 0 aromatic heterocycles. The summed E-state index contributed by atoms with van der Waals surface area (Å²) in [6, 6.07) is 3.10. The molecular weight excluding hydrogens is 415 g/mol. The number of aliphatic hydroxyl groups is 1. The lowest BCUT2D eigenvalue weighted by molar-refractivity contribution is -0.0181. The van der Waals surface area contributed by atoms with Crippen LogP contribution >= 0.6 is 24.0 Å². The van der Waals surface area contributed by atoms with Gasteiger partial charge in [-0.25, -0.2) is 8.78 Å². The highest BCUT2D eigenvalue weighted by Crippen LogP contribution is 2.52. The monoisotopic (exact) mass is 437 g/mol. The van der Waals surface area contributed by atoms with Crippen molar-refractivity contribution >= 4 is 35.6 Å². The fourth-order valence-electron chi connectivity index (χ4n) is 3.86. The van der Waals surface area contributed by atoms with Crippen molar-refractivity contribution in [3.63, 3.8) is 0 Å². The van der Waals surface area contributed by atoms with Gasteiger partial charge in [0.1, 0.15) is 11.6 Å². The van der Waals surface area contributed by atoms with E-state index in [1.165, 1.54) is 6.42 Å². The Kier molecular flexibility index (Phi) is 5.83. The van der Waals surface area contributed by atoms with Gasteiger partial charge < -0.3 is 16.2 Å². The molecule has 3 unspecified atom stereocenters. The molecule has 2 bridgehead atoms. The fourth-order valence-corrected chi connectivity index (χ4v) is 3.86. The Morgan fingerprint density at radius 3 is 2.83 bits per heavy atom. The molecule has 2 saturated carbocycles. The first kappa shape index (κ1) is 18.4. The van der Waals surface area contributed by atoms with Gasteiger partial charge >= 0.3 is 0 Å². The van der Waals surface area contributed by atoms with Crippen LogP contribution in [0.2, 0.25) is 0 Å². The molecule has 2 fully saturated rings. The summed E-state index contributed by atoms with van der Waals surface area (Å²) in [6.07, 6.45) is 4.83. The topological polar surface area (TPSA) is 70.6 Å². The lowest BCUT2D eigenvalue weighted by Crippen LogP contribution is -2.36. The number of halogens is 3. The van der Waals surface area contributed by atoms with Crippen LogP contribution in [0.25, 0.3) is 0 Å². The molecule has 128 valence electrons. The smallest absolute Gasteiger partial charge is 0.193 e. The summed E-state index contributed by atoms with van der Waals surface area (Å²) in [5, 5.41) is 13.2. The van der Waals surface area contributed by atoms with E-state index in [2.05, 4.69) is 10.3 Å². The minimum absolute atomic E-state index is 0. The molecule has 4 nitrogen and oxygen atoms in total. The van der Waals surface area contributed by atoms with Crippen molar-refractivity contribution in [2.75, 3.05) is 11.9 Å². The predicted octanol–water partition coefficient (Wildman–Crippen LogP) is 3.25. The standard InChI is InChI=1S/C16H21F2N3O.HI/c17-12-3-4-13(18)14(8-12)21-15(19)20-6-5-16(22)9-10-1-2-11(16)7-10;/h3-4,8,10-11,22H,1-2,5-7,9H2,(H3,19,20,21);1H. The number of aliphatic imine (C=N–C) groups is 1. The third kappa shape index (κ3) is 4.12. The maximum absolute atomic E-state index is 13.5. The zero-order valence-electron chi connectivity index (χ0n) is 12.8. The largest absolute Gasteiger partial charge is 0.390 e. The Labute approximate surface area is 151 Å². The van der Waals surface area contributed by atoms with Crippen molar-refractivity contribution in [3.8, 4) is 0 Å². The predicted molar refractivity (Wildman–Crippen MR) is 96.9 cm³/mol. The van der Waals surface area contributed by atoms with Gasteiger partial charge in [0.15, 0.2) is 5.96 Å². The number of guanidine groups is 1. The molecule has 0 radical (unpaired) electrons. The molecule has 0 spiro atoms. The number of hydrogen-bond acceptors (Lipinski definition) is 2. The molecule has 7 heteroatoms. The van der Waals surface area contributed by atoms with Crippen LogP contribution in [0, 0.1) is 23.5 Å². The van der Waals surface area contributed by atoms with Gasteiger partial charge in [-0.15, -0.1) is 24.0 Å². The van der Waals surface area contributed by atoms with E-state index >= 15 is 0 Å². The van der Waals surface area contributed by atoms with Gasteiger partial charge in [-0.1, -0.05) is 0 Å². The highest BCUT2D eigenvalue weighted by molar-refractivity contribution is 14.0. The molecule has 0 saturated heterocycles. The van der Waals surface area contributed by atoms with Crippen LogP contribution < -0.4 is 11.1 Å². The van der Waals surface area contributed by atoms with E-state index in [1.54, 1.807) is 0 Å². The molecule has 2 aliphatic carbocycles. The molecular formula is C16H22F2IN3O. The van der Waals surface area contributed by atoms with Crippen molar-refractivity contribution in [3.05, 3.63) is 29.8 Å². The summed E-state index contributed by atoms with van der Waals surface area (Å²) in [6.45, 7) is 0.371. The second-order valence-corrected chi connectivity index (χ2v) is 6.45. The Hall–Kier alpha value is -0.960. The molecule has 4 N–H and O–H groups in total. The first-order valence-corrected chi connectivity index (χ1v) is 7.71. The van der Waals surface area contributed by atoms with Crippen molar-refractivity contribution in [2.45, 2.75) is 37.7 Å². The van der Waals surface area contributed by atoms with Crippen LogP contribution in [-0.4, -0.2) is 23.2 Å². The van der Waals surface area contributed by atoms with Gasteiger partial charge in [-0.05, 0) is 56.1 Å². The van der Waals surface area contributed by atoms with Crippen LogP contribution in [0.1, 0.15) is 32.1 Å². The average Bonchev–Trinajstić information content (AvgIpc) is 3.03. The van der Waals surface area contributed by atoms with Gasteiger partial charge in [0.2, 0.25) is 0 Å².